The van der Waals surface area contributed by atoms with E-state index >= 15 is 0 Å². The number of carbonyl (C=O) groups is 3. The Labute approximate surface area is 175 Å². The van der Waals surface area contributed by atoms with Crippen LogP contribution in [0.3, 0.4) is 0 Å². The van der Waals surface area contributed by atoms with Crippen LogP contribution in [-0.4, -0.2) is 47.6 Å². The lowest BCUT2D eigenvalue weighted by atomic mass is 9.97. The zero-order valence-electron chi connectivity index (χ0n) is 17.7. The van der Waals surface area contributed by atoms with Gasteiger partial charge in [0.25, 0.3) is 11.9 Å². The Kier molecular flexibility index (Phi) is 6.28. The molecule has 1 unspecified atom stereocenters. The molecule has 0 spiro atoms. The maximum absolute atomic E-state index is 12.5. The Morgan fingerprint density at radius 1 is 1.20 bits per heavy atom. The van der Waals surface area contributed by atoms with Crippen molar-refractivity contribution in [2.45, 2.75) is 52.2 Å². The number of aromatic nitrogens is 1. The fraction of sp³-hybridized carbons (Fsp3) is 0.524. The number of hydrogen-bond donors (Lipinski definition) is 2. The zero-order valence-corrected chi connectivity index (χ0v) is 17.7. The van der Waals surface area contributed by atoms with Gasteiger partial charge in [0.2, 0.25) is 0 Å². The first kappa shape index (κ1) is 21.6. The van der Waals surface area contributed by atoms with Gasteiger partial charge in [-0.2, -0.15) is 4.98 Å². The molecule has 0 aliphatic carbocycles. The zero-order chi connectivity index (χ0) is 21.9. The first-order valence-corrected chi connectivity index (χ1v) is 10.1. The Morgan fingerprint density at radius 2 is 1.87 bits per heavy atom. The molecule has 1 saturated heterocycles. The minimum atomic E-state index is -1.06. The van der Waals surface area contributed by atoms with Gasteiger partial charge in [0.05, 0.1) is 5.92 Å². The summed E-state index contributed by atoms with van der Waals surface area (Å²) in [6, 6.07) is 7.47. The SMILES string of the molecule is CC(OC(=O)C1CCN(c2nc3ccccc3o2)CC1)C(=O)NC(=O)NC(C)(C)C. The van der Waals surface area contributed by atoms with Crippen LogP contribution in [0.1, 0.15) is 40.5 Å². The van der Waals surface area contributed by atoms with Gasteiger partial charge in [-0.1, -0.05) is 12.1 Å². The minimum Gasteiger partial charge on any atom is -0.452 e. The number of amides is 3. The molecule has 1 fully saturated rings. The van der Waals surface area contributed by atoms with Gasteiger partial charge >= 0.3 is 12.0 Å². The summed E-state index contributed by atoms with van der Waals surface area (Å²) in [5.41, 5.74) is 1.04. The van der Waals surface area contributed by atoms with Gasteiger partial charge in [0, 0.05) is 18.6 Å². The van der Waals surface area contributed by atoms with E-state index in [1.165, 1.54) is 6.92 Å². The molecule has 2 heterocycles. The lowest BCUT2D eigenvalue weighted by Gasteiger charge is -2.30. The molecule has 0 radical (unpaired) electrons. The predicted octanol–water partition coefficient (Wildman–Crippen LogP) is 2.60. The molecule has 1 aliphatic rings. The number of urea groups is 1. The normalized spacial score (nSPS) is 16.2. The molecule has 3 amide bonds. The number of carbonyl (C=O) groups excluding carboxylic acids is 3. The quantitative estimate of drug-likeness (QED) is 0.737. The highest BCUT2D eigenvalue weighted by Crippen LogP contribution is 2.27. The molecule has 3 rings (SSSR count). The Morgan fingerprint density at radius 3 is 2.50 bits per heavy atom. The highest BCUT2D eigenvalue weighted by Gasteiger charge is 2.31. The van der Waals surface area contributed by atoms with Crippen molar-refractivity contribution in [2.75, 3.05) is 18.0 Å². The van der Waals surface area contributed by atoms with Crippen molar-refractivity contribution < 1.29 is 23.5 Å². The number of nitrogens with one attached hydrogen (secondary N) is 2. The van der Waals surface area contributed by atoms with Crippen LogP contribution in [-0.2, 0) is 14.3 Å². The van der Waals surface area contributed by atoms with E-state index in [4.69, 9.17) is 9.15 Å². The molecule has 30 heavy (non-hydrogen) atoms. The first-order valence-electron chi connectivity index (χ1n) is 10.1. The number of fused-ring (bicyclic) bond motifs is 1. The second-order valence-electron chi connectivity index (χ2n) is 8.50. The topological polar surface area (TPSA) is 114 Å². The summed E-state index contributed by atoms with van der Waals surface area (Å²) in [4.78, 5) is 42.8. The number of oxazole rings is 1. The smallest absolute Gasteiger partial charge is 0.321 e. The lowest BCUT2D eigenvalue weighted by Crippen LogP contribution is -2.50. The molecule has 9 heteroatoms. The Bertz CT molecular complexity index is 892. The van der Waals surface area contributed by atoms with Crippen LogP contribution in [0, 0.1) is 5.92 Å². The summed E-state index contributed by atoms with van der Waals surface area (Å²) < 4.78 is 11.1. The number of esters is 1. The predicted molar refractivity (Wildman–Crippen MR) is 111 cm³/mol. The molecule has 162 valence electrons. The van der Waals surface area contributed by atoms with Crippen LogP contribution in [0.2, 0.25) is 0 Å². The number of rotatable bonds is 4. The van der Waals surface area contributed by atoms with Gasteiger partial charge < -0.3 is 19.4 Å². The summed E-state index contributed by atoms with van der Waals surface area (Å²) in [6.45, 7) is 8.04. The molecular weight excluding hydrogens is 388 g/mol. The van der Waals surface area contributed by atoms with Gasteiger partial charge in [-0.05, 0) is 52.7 Å². The minimum absolute atomic E-state index is 0.315. The maximum Gasteiger partial charge on any atom is 0.321 e. The monoisotopic (exact) mass is 416 g/mol. The van der Waals surface area contributed by atoms with Gasteiger partial charge in [-0.25, -0.2) is 4.79 Å². The van der Waals surface area contributed by atoms with Crippen LogP contribution in [0.5, 0.6) is 0 Å². The van der Waals surface area contributed by atoms with Crippen LogP contribution in [0.25, 0.3) is 11.1 Å². The molecule has 2 aromatic rings. The van der Waals surface area contributed by atoms with Crippen molar-refractivity contribution >= 4 is 35.0 Å². The van der Waals surface area contributed by atoms with Crippen molar-refractivity contribution in [3.05, 3.63) is 24.3 Å². The van der Waals surface area contributed by atoms with Gasteiger partial charge in [-0.15, -0.1) is 0 Å². The fourth-order valence-electron chi connectivity index (χ4n) is 3.21. The number of anilines is 1. The van der Waals surface area contributed by atoms with E-state index in [1.54, 1.807) is 20.8 Å². The van der Waals surface area contributed by atoms with Crippen molar-refractivity contribution in [2.24, 2.45) is 5.92 Å². The number of ether oxygens (including phenoxy) is 1. The highest BCUT2D eigenvalue weighted by atomic mass is 16.5. The molecular formula is C21H28N4O5. The van der Waals surface area contributed by atoms with E-state index in [0.717, 1.165) is 11.1 Å². The summed E-state index contributed by atoms with van der Waals surface area (Å²) in [5.74, 6) is -1.41. The average Bonchev–Trinajstić information content (AvgIpc) is 3.10. The Balaban J connectivity index is 1.47. The van der Waals surface area contributed by atoms with Crippen LogP contribution in [0.4, 0.5) is 10.8 Å². The van der Waals surface area contributed by atoms with Crippen LogP contribution in [0.15, 0.2) is 28.7 Å². The maximum atomic E-state index is 12.5. The largest absolute Gasteiger partial charge is 0.452 e. The number of hydrogen-bond acceptors (Lipinski definition) is 7. The number of benzene rings is 1. The molecule has 1 aromatic heterocycles. The molecule has 2 N–H and O–H groups in total. The summed E-state index contributed by atoms with van der Waals surface area (Å²) in [5, 5.41) is 4.81. The number of nitrogens with zero attached hydrogens (tertiary/aromatic N) is 2. The summed E-state index contributed by atoms with van der Waals surface area (Å²) in [6.07, 6.45) is 0.0746. The molecule has 9 nitrogen and oxygen atoms in total. The third-order valence-corrected chi connectivity index (χ3v) is 4.77. The van der Waals surface area contributed by atoms with Crippen LogP contribution < -0.4 is 15.5 Å². The van der Waals surface area contributed by atoms with Gasteiger partial charge in [0.15, 0.2) is 11.7 Å². The highest BCUT2D eigenvalue weighted by molar-refractivity contribution is 5.97. The molecule has 0 saturated carbocycles. The fourth-order valence-corrected chi connectivity index (χ4v) is 3.21. The molecule has 1 aliphatic heterocycles. The van der Waals surface area contributed by atoms with E-state index < -0.39 is 29.6 Å². The summed E-state index contributed by atoms with van der Waals surface area (Å²) in [7, 11) is 0. The number of imide groups is 1. The van der Waals surface area contributed by atoms with E-state index in [9.17, 15) is 14.4 Å². The molecule has 1 aromatic carbocycles. The van der Waals surface area contributed by atoms with E-state index in [2.05, 4.69) is 15.6 Å². The van der Waals surface area contributed by atoms with Crippen molar-refractivity contribution in [3.8, 4) is 0 Å². The second-order valence-corrected chi connectivity index (χ2v) is 8.50. The van der Waals surface area contributed by atoms with Crippen molar-refractivity contribution in [1.82, 2.24) is 15.6 Å². The third kappa shape index (κ3) is 5.49. The Hall–Kier alpha value is -3.10. The standard InChI is InChI=1S/C21H28N4O5/c1-13(17(26)23-19(28)24-21(2,3)4)29-18(27)14-9-11-25(12-10-14)20-22-15-7-5-6-8-16(15)30-20/h5-8,13-14H,9-12H2,1-4H3,(H2,23,24,26,28). The van der Waals surface area contributed by atoms with E-state index in [1.807, 2.05) is 29.2 Å². The number of piperidine rings is 1. The second kappa shape index (κ2) is 8.73. The average molecular weight is 416 g/mol. The first-order chi connectivity index (χ1) is 14.1. The number of para-hydroxylation sites is 2. The van der Waals surface area contributed by atoms with Crippen molar-refractivity contribution in [1.29, 1.82) is 0 Å². The van der Waals surface area contributed by atoms with Gasteiger partial charge in [-0.3, -0.25) is 14.9 Å². The molecule has 1 atom stereocenters. The van der Waals surface area contributed by atoms with Crippen molar-refractivity contribution in [3.63, 3.8) is 0 Å². The van der Waals surface area contributed by atoms with Gasteiger partial charge in [0.1, 0.15) is 5.52 Å². The molecule has 0 bridgehead atoms. The summed E-state index contributed by atoms with van der Waals surface area (Å²) >= 11 is 0. The third-order valence-electron chi connectivity index (χ3n) is 4.77. The lowest BCUT2D eigenvalue weighted by molar-refractivity contribution is -0.159. The van der Waals surface area contributed by atoms with E-state index in [0.29, 0.717) is 31.9 Å². The van der Waals surface area contributed by atoms with Crippen LogP contribution >= 0.6 is 0 Å². The van der Waals surface area contributed by atoms with E-state index in [-0.39, 0.29) is 5.92 Å².